The zero-order valence-corrected chi connectivity index (χ0v) is 12.6. The molecule has 2 N–H and O–H groups in total. The average Bonchev–Trinajstić information content (AvgIpc) is 2.81. The van der Waals surface area contributed by atoms with Crippen LogP contribution in [0.3, 0.4) is 0 Å². The Hall–Kier alpha value is -0.0800. The van der Waals surface area contributed by atoms with Gasteiger partial charge in [0.15, 0.2) is 0 Å². The van der Waals surface area contributed by atoms with Crippen molar-refractivity contribution in [3.63, 3.8) is 0 Å². The van der Waals surface area contributed by atoms with Crippen molar-refractivity contribution in [1.29, 1.82) is 0 Å². The molecule has 106 valence electrons. The van der Waals surface area contributed by atoms with E-state index in [4.69, 9.17) is 5.73 Å². The molecule has 0 aromatic rings. The van der Waals surface area contributed by atoms with Gasteiger partial charge in [0.25, 0.3) is 0 Å². The number of hydrogen-bond acceptors (Lipinski definition) is 2. The second-order valence-corrected chi connectivity index (χ2v) is 6.91. The third kappa shape index (κ3) is 3.27. The van der Waals surface area contributed by atoms with Crippen molar-refractivity contribution in [2.45, 2.75) is 71.4 Å². The molecule has 18 heavy (non-hydrogen) atoms. The van der Waals surface area contributed by atoms with Crippen molar-refractivity contribution in [2.75, 3.05) is 13.1 Å². The minimum Gasteiger partial charge on any atom is -0.327 e. The minimum atomic E-state index is 0.430. The highest BCUT2D eigenvalue weighted by atomic mass is 15.2. The van der Waals surface area contributed by atoms with Crippen molar-refractivity contribution >= 4 is 0 Å². The fourth-order valence-electron chi connectivity index (χ4n) is 4.36. The van der Waals surface area contributed by atoms with Crippen LogP contribution in [-0.2, 0) is 0 Å². The smallest absolute Gasteiger partial charge is 0.00952 e. The van der Waals surface area contributed by atoms with E-state index in [0.717, 1.165) is 23.8 Å². The molecular weight excluding hydrogens is 220 g/mol. The molecule has 2 fully saturated rings. The molecule has 2 saturated carbocycles. The zero-order chi connectivity index (χ0) is 13.1. The summed E-state index contributed by atoms with van der Waals surface area (Å²) in [5, 5.41) is 0. The van der Waals surface area contributed by atoms with Crippen LogP contribution in [0.4, 0.5) is 0 Å². The Bertz CT molecular complexity index is 235. The van der Waals surface area contributed by atoms with Crippen LogP contribution in [0.5, 0.6) is 0 Å². The third-order valence-electron chi connectivity index (χ3n) is 5.42. The van der Waals surface area contributed by atoms with Crippen LogP contribution in [0.1, 0.15) is 59.3 Å². The van der Waals surface area contributed by atoms with E-state index in [2.05, 4.69) is 25.7 Å². The van der Waals surface area contributed by atoms with Crippen LogP contribution < -0.4 is 5.73 Å². The van der Waals surface area contributed by atoms with Gasteiger partial charge in [-0.1, -0.05) is 33.6 Å². The summed E-state index contributed by atoms with van der Waals surface area (Å²) in [7, 11) is 0. The van der Waals surface area contributed by atoms with Gasteiger partial charge in [0.2, 0.25) is 0 Å². The summed E-state index contributed by atoms with van der Waals surface area (Å²) in [6.07, 6.45) is 8.31. The average molecular weight is 252 g/mol. The first-order valence-electron chi connectivity index (χ1n) is 8.11. The van der Waals surface area contributed by atoms with E-state index >= 15 is 0 Å². The highest BCUT2D eigenvalue weighted by Gasteiger charge is 2.34. The molecule has 0 heterocycles. The summed E-state index contributed by atoms with van der Waals surface area (Å²) < 4.78 is 0. The van der Waals surface area contributed by atoms with Crippen molar-refractivity contribution in [3.05, 3.63) is 0 Å². The Labute approximate surface area is 113 Å². The number of hydrogen-bond donors (Lipinski definition) is 1. The molecule has 0 amide bonds. The van der Waals surface area contributed by atoms with Gasteiger partial charge in [-0.25, -0.2) is 0 Å². The Morgan fingerprint density at radius 1 is 1.11 bits per heavy atom. The molecule has 2 aliphatic carbocycles. The number of rotatable bonds is 4. The molecule has 0 aliphatic heterocycles. The van der Waals surface area contributed by atoms with E-state index in [9.17, 15) is 0 Å². The molecule has 0 aromatic heterocycles. The van der Waals surface area contributed by atoms with Crippen molar-refractivity contribution in [2.24, 2.45) is 23.5 Å². The molecule has 4 atom stereocenters. The van der Waals surface area contributed by atoms with Gasteiger partial charge in [-0.3, -0.25) is 0 Å². The Morgan fingerprint density at radius 2 is 1.78 bits per heavy atom. The molecule has 2 aliphatic rings. The quantitative estimate of drug-likeness (QED) is 0.832. The van der Waals surface area contributed by atoms with Gasteiger partial charge >= 0.3 is 0 Å². The van der Waals surface area contributed by atoms with E-state index in [1.54, 1.807) is 0 Å². The molecule has 0 radical (unpaired) electrons. The molecule has 0 aromatic carbocycles. The van der Waals surface area contributed by atoms with Gasteiger partial charge < -0.3 is 10.6 Å². The lowest BCUT2D eigenvalue weighted by Crippen LogP contribution is -2.48. The SMILES string of the molecule is CCN(CC1C(C)CC(C)CC1N)C1CCCC1. The molecule has 4 unspecified atom stereocenters. The number of nitrogens with two attached hydrogens (primary N) is 1. The van der Waals surface area contributed by atoms with E-state index in [1.165, 1.54) is 51.6 Å². The summed E-state index contributed by atoms with van der Waals surface area (Å²) in [6, 6.07) is 1.29. The fourth-order valence-corrected chi connectivity index (χ4v) is 4.36. The molecule has 0 spiro atoms. The Balaban J connectivity index is 1.93. The van der Waals surface area contributed by atoms with Gasteiger partial charge in [0.05, 0.1) is 0 Å². The molecule has 2 rings (SSSR count). The summed E-state index contributed by atoms with van der Waals surface area (Å²) in [5.74, 6) is 2.36. The standard InChI is InChI=1S/C16H32N2/c1-4-18(14-7-5-6-8-14)11-15-13(3)9-12(2)10-16(15)17/h12-16H,4-11,17H2,1-3H3. The summed E-state index contributed by atoms with van der Waals surface area (Å²) in [6.45, 7) is 9.55. The summed E-state index contributed by atoms with van der Waals surface area (Å²) >= 11 is 0. The van der Waals surface area contributed by atoms with Gasteiger partial charge in [-0.05, 0) is 50.0 Å². The topological polar surface area (TPSA) is 29.3 Å². The van der Waals surface area contributed by atoms with E-state index < -0.39 is 0 Å². The second kappa shape index (κ2) is 6.38. The predicted molar refractivity (Wildman–Crippen MR) is 78.5 cm³/mol. The first-order chi connectivity index (χ1) is 8.61. The van der Waals surface area contributed by atoms with Crippen LogP contribution >= 0.6 is 0 Å². The molecule has 0 saturated heterocycles. The maximum atomic E-state index is 6.43. The van der Waals surface area contributed by atoms with Crippen molar-refractivity contribution in [3.8, 4) is 0 Å². The molecule has 2 heteroatoms. The first-order valence-corrected chi connectivity index (χ1v) is 8.11. The second-order valence-electron chi connectivity index (χ2n) is 6.91. The van der Waals surface area contributed by atoms with Crippen LogP contribution in [-0.4, -0.2) is 30.1 Å². The van der Waals surface area contributed by atoms with Crippen LogP contribution in [0.25, 0.3) is 0 Å². The minimum absolute atomic E-state index is 0.430. The zero-order valence-electron chi connectivity index (χ0n) is 12.6. The Kier molecular flexibility index (Phi) is 5.08. The lowest BCUT2D eigenvalue weighted by molar-refractivity contribution is 0.0970. The summed E-state index contributed by atoms with van der Waals surface area (Å²) in [4.78, 5) is 2.73. The molecule has 2 nitrogen and oxygen atoms in total. The van der Waals surface area contributed by atoms with Crippen LogP contribution in [0, 0.1) is 17.8 Å². The maximum absolute atomic E-state index is 6.43. The van der Waals surface area contributed by atoms with Crippen LogP contribution in [0.15, 0.2) is 0 Å². The van der Waals surface area contributed by atoms with Crippen molar-refractivity contribution in [1.82, 2.24) is 4.90 Å². The lowest BCUT2D eigenvalue weighted by atomic mass is 9.72. The predicted octanol–water partition coefficient (Wildman–Crippen LogP) is 3.26. The van der Waals surface area contributed by atoms with Gasteiger partial charge in [0, 0.05) is 18.6 Å². The van der Waals surface area contributed by atoms with E-state index in [-0.39, 0.29) is 0 Å². The summed E-state index contributed by atoms with van der Waals surface area (Å²) in [5.41, 5.74) is 6.43. The molecule has 0 bridgehead atoms. The largest absolute Gasteiger partial charge is 0.327 e. The molecular formula is C16H32N2. The number of nitrogens with zero attached hydrogens (tertiary/aromatic N) is 1. The monoisotopic (exact) mass is 252 g/mol. The van der Waals surface area contributed by atoms with Gasteiger partial charge in [0.1, 0.15) is 0 Å². The van der Waals surface area contributed by atoms with Gasteiger partial charge in [-0.15, -0.1) is 0 Å². The van der Waals surface area contributed by atoms with E-state index in [0.29, 0.717) is 6.04 Å². The van der Waals surface area contributed by atoms with Crippen molar-refractivity contribution < 1.29 is 0 Å². The first kappa shape index (κ1) is 14.3. The van der Waals surface area contributed by atoms with Crippen LogP contribution in [0.2, 0.25) is 0 Å². The fraction of sp³-hybridized carbons (Fsp3) is 1.00. The highest BCUT2D eigenvalue weighted by Crippen LogP contribution is 2.34. The van der Waals surface area contributed by atoms with E-state index in [1.807, 2.05) is 0 Å². The lowest BCUT2D eigenvalue weighted by Gasteiger charge is -2.41. The highest BCUT2D eigenvalue weighted by molar-refractivity contribution is 4.89. The third-order valence-corrected chi connectivity index (χ3v) is 5.42. The maximum Gasteiger partial charge on any atom is 0.00952 e. The normalized spacial score (nSPS) is 38.5. The van der Waals surface area contributed by atoms with Gasteiger partial charge in [-0.2, -0.15) is 0 Å². The Morgan fingerprint density at radius 3 is 2.33 bits per heavy atom.